The Morgan fingerprint density at radius 1 is 1.00 bits per heavy atom. The molecule has 0 saturated heterocycles. The zero-order chi connectivity index (χ0) is 17.7. The molecule has 0 amide bonds. The van der Waals surface area contributed by atoms with Crippen LogP contribution in [0.2, 0.25) is 10.0 Å². The van der Waals surface area contributed by atoms with Crippen LogP contribution in [0.25, 0.3) is 0 Å². The molecular weight excluding hydrogens is 373 g/mol. The van der Waals surface area contributed by atoms with Crippen molar-refractivity contribution < 1.29 is 17.9 Å². The average molecular weight is 390 g/mol. The summed E-state index contributed by atoms with van der Waals surface area (Å²) in [5, 5.41) is 0.776. The summed E-state index contributed by atoms with van der Waals surface area (Å²) in [7, 11) is -0.493. The maximum atomic E-state index is 12.2. The van der Waals surface area contributed by atoms with Crippen LogP contribution in [0.15, 0.2) is 36.4 Å². The van der Waals surface area contributed by atoms with Crippen LogP contribution in [-0.4, -0.2) is 22.6 Å². The SMILES string of the molecule is COc1ccc(CNS(=O)(=O)Cc2ccc(Cl)cc2Cl)cc1OC. The smallest absolute Gasteiger partial charge is 0.216 e. The van der Waals surface area contributed by atoms with Gasteiger partial charge in [-0.3, -0.25) is 0 Å². The molecule has 5 nitrogen and oxygen atoms in total. The van der Waals surface area contributed by atoms with Crippen molar-refractivity contribution in [3.8, 4) is 11.5 Å². The van der Waals surface area contributed by atoms with Crippen LogP contribution >= 0.6 is 23.2 Å². The lowest BCUT2D eigenvalue weighted by Crippen LogP contribution is -2.24. The lowest BCUT2D eigenvalue weighted by Gasteiger charge is -2.11. The highest BCUT2D eigenvalue weighted by Gasteiger charge is 2.14. The molecule has 0 spiro atoms. The minimum atomic E-state index is -3.55. The quantitative estimate of drug-likeness (QED) is 0.784. The maximum Gasteiger partial charge on any atom is 0.216 e. The monoisotopic (exact) mass is 389 g/mol. The zero-order valence-electron chi connectivity index (χ0n) is 13.2. The average Bonchev–Trinajstić information content (AvgIpc) is 2.55. The first-order chi connectivity index (χ1) is 11.3. The summed E-state index contributed by atoms with van der Waals surface area (Å²) < 4.78 is 37.3. The van der Waals surface area contributed by atoms with Gasteiger partial charge in [0.05, 0.1) is 20.0 Å². The van der Waals surface area contributed by atoms with Gasteiger partial charge in [-0.05, 0) is 35.4 Å². The van der Waals surface area contributed by atoms with Gasteiger partial charge < -0.3 is 9.47 Å². The lowest BCUT2D eigenvalue weighted by molar-refractivity contribution is 0.354. The fourth-order valence-corrected chi connectivity index (χ4v) is 3.78. The van der Waals surface area contributed by atoms with Crippen LogP contribution in [-0.2, 0) is 22.3 Å². The number of nitrogens with one attached hydrogen (secondary N) is 1. The van der Waals surface area contributed by atoms with E-state index < -0.39 is 10.0 Å². The van der Waals surface area contributed by atoms with E-state index in [9.17, 15) is 8.42 Å². The topological polar surface area (TPSA) is 64.6 Å². The highest BCUT2D eigenvalue weighted by molar-refractivity contribution is 7.88. The first-order valence-corrected chi connectivity index (χ1v) is 9.37. The molecule has 24 heavy (non-hydrogen) atoms. The Kier molecular flexibility index (Phi) is 6.34. The van der Waals surface area contributed by atoms with E-state index >= 15 is 0 Å². The number of ether oxygens (including phenoxy) is 2. The Morgan fingerprint density at radius 3 is 2.33 bits per heavy atom. The van der Waals surface area contributed by atoms with Gasteiger partial charge in [0, 0.05) is 16.6 Å². The minimum Gasteiger partial charge on any atom is -0.493 e. The first-order valence-electron chi connectivity index (χ1n) is 6.97. The molecule has 0 bridgehead atoms. The van der Waals surface area contributed by atoms with Crippen LogP contribution in [0.4, 0.5) is 0 Å². The molecule has 0 aromatic heterocycles. The molecule has 0 aliphatic heterocycles. The van der Waals surface area contributed by atoms with Gasteiger partial charge in [0.2, 0.25) is 10.0 Å². The molecule has 130 valence electrons. The molecule has 0 aliphatic carbocycles. The Bertz CT molecular complexity index is 825. The van der Waals surface area contributed by atoms with E-state index in [-0.39, 0.29) is 12.3 Å². The van der Waals surface area contributed by atoms with Gasteiger partial charge in [0.15, 0.2) is 11.5 Å². The summed E-state index contributed by atoms with van der Waals surface area (Å²) in [4.78, 5) is 0. The zero-order valence-corrected chi connectivity index (χ0v) is 15.5. The Hall–Kier alpha value is -1.47. The Balaban J connectivity index is 2.07. The van der Waals surface area contributed by atoms with E-state index in [0.717, 1.165) is 5.56 Å². The van der Waals surface area contributed by atoms with Gasteiger partial charge in [-0.15, -0.1) is 0 Å². The van der Waals surface area contributed by atoms with Crippen molar-refractivity contribution >= 4 is 33.2 Å². The number of hydrogen-bond acceptors (Lipinski definition) is 4. The summed E-state index contributed by atoms with van der Waals surface area (Å²) in [5.41, 5.74) is 1.24. The molecule has 0 aliphatic rings. The molecule has 0 heterocycles. The lowest BCUT2D eigenvalue weighted by atomic mass is 10.2. The van der Waals surface area contributed by atoms with E-state index in [1.807, 2.05) is 0 Å². The van der Waals surface area contributed by atoms with Crippen LogP contribution < -0.4 is 14.2 Å². The van der Waals surface area contributed by atoms with E-state index in [1.54, 1.807) is 30.3 Å². The molecule has 0 radical (unpaired) electrons. The Morgan fingerprint density at radius 2 is 1.71 bits per heavy atom. The predicted octanol–water partition coefficient (Wildman–Crippen LogP) is 3.63. The normalized spacial score (nSPS) is 11.3. The second-order valence-electron chi connectivity index (χ2n) is 5.01. The van der Waals surface area contributed by atoms with E-state index in [4.69, 9.17) is 32.7 Å². The molecule has 2 aromatic carbocycles. The highest BCUT2D eigenvalue weighted by Crippen LogP contribution is 2.27. The second kappa shape index (κ2) is 8.07. The molecule has 2 aromatic rings. The number of methoxy groups -OCH3 is 2. The van der Waals surface area contributed by atoms with E-state index in [1.165, 1.54) is 20.3 Å². The van der Waals surface area contributed by atoms with Crippen molar-refractivity contribution in [3.05, 3.63) is 57.6 Å². The molecule has 0 fully saturated rings. The van der Waals surface area contributed by atoms with Gasteiger partial charge in [-0.1, -0.05) is 35.3 Å². The summed E-state index contributed by atoms with van der Waals surface area (Å²) in [5.74, 6) is 0.892. The van der Waals surface area contributed by atoms with Gasteiger partial charge in [0.1, 0.15) is 0 Å². The number of rotatable bonds is 7. The molecule has 2 rings (SSSR count). The van der Waals surface area contributed by atoms with E-state index in [0.29, 0.717) is 27.1 Å². The number of benzene rings is 2. The number of sulfonamides is 1. The van der Waals surface area contributed by atoms with Crippen molar-refractivity contribution in [2.24, 2.45) is 0 Å². The molecule has 8 heteroatoms. The Labute approximate surface area is 151 Å². The summed E-state index contributed by atoms with van der Waals surface area (Å²) in [6.45, 7) is 0.133. The molecule has 0 unspecified atom stereocenters. The second-order valence-corrected chi connectivity index (χ2v) is 7.66. The van der Waals surface area contributed by atoms with Crippen LogP contribution in [0.5, 0.6) is 11.5 Å². The largest absolute Gasteiger partial charge is 0.493 e. The molecule has 0 atom stereocenters. The standard InChI is InChI=1S/C16H17Cl2NO4S/c1-22-15-6-3-11(7-16(15)23-2)9-19-24(20,21)10-12-4-5-13(17)8-14(12)18/h3-8,19H,9-10H2,1-2H3. The first kappa shape index (κ1) is 18.9. The third-order valence-corrected chi connectivity index (χ3v) is 5.17. The fraction of sp³-hybridized carbons (Fsp3) is 0.250. The van der Waals surface area contributed by atoms with Gasteiger partial charge >= 0.3 is 0 Å². The van der Waals surface area contributed by atoms with Crippen molar-refractivity contribution in [1.82, 2.24) is 4.72 Å². The number of halogens is 2. The van der Waals surface area contributed by atoms with Gasteiger partial charge in [0.25, 0.3) is 0 Å². The van der Waals surface area contributed by atoms with Crippen LogP contribution in [0.3, 0.4) is 0 Å². The van der Waals surface area contributed by atoms with Crippen LogP contribution in [0.1, 0.15) is 11.1 Å². The summed E-state index contributed by atoms with van der Waals surface area (Å²) in [6.07, 6.45) is 0. The third-order valence-electron chi connectivity index (χ3n) is 3.30. The third kappa shape index (κ3) is 5.01. The van der Waals surface area contributed by atoms with Crippen molar-refractivity contribution in [2.45, 2.75) is 12.3 Å². The maximum absolute atomic E-state index is 12.2. The highest BCUT2D eigenvalue weighted by atomic mass is 35.5. The predicted molar refractivity (Wildman–Crippen MR) is 95.5 cm³/mol. The molecule has 1 N–H and O–H groups in total. The molecular formula is C16H17Cl2NO4S. The fourth-order valence-electron chi connectivity index (χ4n) is 2.08. The van der Waals surface area contributed by atoms with Crippen molar-refractivity contribution in [1.29, 1.82) is 0 Å². The van der Waals surface area contributed by atoms with Crippen LogP contribution in [0, 0.1) is 0 Å². The minimum absolute atomic E-state index is 0.133. The van der Waals surface area contributed by atoms with Crippen molar-refractivity contribution in [3.63, 3.8) is 0 Å². The summed E-state index contributed by atoms with van der Waals surface area (Å²) >= 11 is 11.8. The van der Waals surface area contributed by atoms with Crippen molar-refractivity contribution in [2.75, 3.05) is 14.2 Å². The number of hydrogen-bond donors (Lipinski definition) is 1. The molecule has 0 saturated carbocycles. The van der Waals surface area contributed by atoms with Gasteiger partial charge in [-0.25, -0.2) is 13.1 Å². The van der Waals surface area contributed by atoms with Gasteiger partial charge in [-0.2, -0.15) is 0 Å². The van der Waals surface area contributed by atoms with E-state index in [2.05, 4.69) is 4.72 Å². The summed E-state index contributed by atoms with van der Waals surface area (Å²) in [6, 6.07) is 9.92.